The van der Waals surface area contributed by atoms with Crippen molar-refractivity contribution in [2.45, 2.75) is 128 Å². The normalized spacial score (nSPS) is 15.2. The summed E-state index contributed by atoms with van der Waals surface area (Å²) in [6.45, 7) is 4.34. The van der Waals surface area contributed by atoms with Crippen molar-refractivity contribution >= 4 is 16.0 Å². The van der Waals surface area contributed by atoms with Crippen LogP contribution in [0.3, 0.4) is 0 Å². The van der Waals surface area contributed by atoms with Gasteiger partial charge in [-0.05, 0) is 57.8 Å². The Hall–Kier alpha value is -1.74. The van der Waals surface area contributed by atoms with E-state index in [9.17, 15) is 28.0 Å². The van der Waals surface area contributed by atoms with Gasteiger partial charge in [0, 0.05) is 0 Å². The third-order valence-corrected chi connectivity index (χ3v) is 6.84. The first-order valence-corrected chi connectivity index (χ1v) is 16.1. The van der Waals surface area contributed by atoms with Crippen LogP contribution in [0.2, 0.25) is 0 Å². The van der Waals surface area contributed by atoms with Crippen molar-refractivity contribution in [1.29, 1.82) is 0 Å². The molecule has 0 fully saturated rings. The lowest BCUT2D eigenvalue weighted by Gasteiger charge is -2.22. The number of carbonyl (C=O) groups is 1. The Labute approximate surface area is 231 Å². The van der Waals surface area contributed by atoms with Gasteiger partial charge in [-0.3, -0.25) is 9.35 Å². The van der Waals surface area contributed by atoms with Crippen LogP contribution in [0, 0.1) is 0 Å². The number of unbranched alkanes of at least 4 members (excludes halogenated alkanes) is 9. The molecule has 0 bridgehead atoms. The fourth-order valence-corrected chi connectivity index (χ4v) is 4.48. The molecule has 0 saturated carbocycles. The van der Waals surface area contributed by atoms with Gasteiger partial charge in [0.05, 0.1) is 17.9 Å². The molecule has 3 atom stereocenters. The van der Waals surface area contributed by atoms with Crippen LogP contribution in [0.25, 0.3) is 0 Å². The van der Waals surface area contributed by atoms with Crippen LogP contribution in [-0.4, -0.2) is 53.1 Å². The summed E-state index contributed by atoms with van der Waals surface area (Å²) in [6.07, 6.45) is 27.6. The van der Waals surface area contributed by atoms with Gasteiger partial charge in [0.25, 0.3) is 10.1 Å². The summed E-state index contributed by atoms with van der Waals surface area (Å²) in [6, 6.07) is -1.26. The molecule has 0 heterocycles. The Balaban J connectivity index is 4.44. The first kappa shape index (κ1) is 36.3. The summed E-state index contributed by atoms with van der Waals surface area (Å²) in [5, 5.41) is 23.0. The lowest BCUT2D eigenvalue weighted by Crippen LogP contribution is -2.50. The molecule has 0 rings (SSSR count). The van der Waals surface area contributed by atoms with Crippen LogP contribution in [0.4, 0.5) is 0 Å². The Morgan fingerprint density at radius 1 is 0.711 bits per heavy atom. The maximum absolute atomic E-state index is 12.4. The van der Waals surface area contributed by atoms with Crippen LogP contribution in [-0.2, 0) is 14.9 Å². The lowest BCUT2D eigenvalue weighted by atomic mass is 10.1. The summed E-state index contributed by atoms with van der Waals surface area (Å²) in [7, 11) is -4.44. The number of hydrogen-bond donors (Lipinski definition) is 4. The molecule has 0 radical (unpaired) electrons. The van der Waals surface area contributed by atoms with Gasteiger partial charge in [-0.25, -0.2) is 0 Å². The Morgan fingerprint density at radius 3 is 1.68 bits per heavy atom. The van der Waals surface area contributed by atoms with Crippen LogP contribution >= 0.6 is 0 Å². The number of amides is 1. The fourth-order valence-electron chi connectivity index (χ4n) is 3.74. The highest BCUT2D eigenvalue weighted by atomic mass is 32.2. The Morgan fingerprint density at radius 2 is 1.18 bits per heavy atom. The molecule has 1 amide bonds. The number of aliphatic hydroxyl groups excluding tert-OH is 2. The van der Waals surface area contributed by atoms with Gasteiger partial charge in [-0.1, -0.05) is 101 Å². The Bertz CT molecular complexity index is 804. The molecular weight excluding hydrogens is 502 g/mol. The second-order valence-corrected chi connectivity index (χ2v) is 11.3. The largest absolute Gasteiger partial charge is 0.387 e. The SMILES string of the molecule is CCCC/C=C\CCCCCC(O)C(=O)NC(CS(=O)(=O)O)C(O)/C=C/CC/C=C/CC/C=C/CCCC. The monoisotopic (exact) mass is 555 g/mol. The van der Waals surface area contributed by atoms with E-state index >= 15 is 0 Å². The van der Waals surface area contributed by atoms with Crippen LogP contribution in [0.15, 0.2) is 48.6 Å². The van der Waals surface area contributed by atoms with E-state index in [1.165, 1.54) is 31.8 Å². The van der Waals surface area contributed by atoms with E-state index in [1.54, 1.807) is 6.08 Å². The third-order valence-electron chi connectivity index (χ3n) is 6.06. The highest BCUT2D eigenvalue weighted by Crippen LogP contribution is 2.09. The maximum Gasteiger partial charge on any atom is 0.267 e. The van der Waals surface area contributed by atoms with Crippen molar-refractivity contribution in [2.75, 3.05) is 5.75 Å². The average molecular weight is 556 g/mol. The molecule has 8 heteroatoms. The summed E-state index contributed by atoms with van der Waals surface area (Å²) in [4.78, 5) is 12.4. The van der Waals surface area contributed by atoms with E-state index in [-0.39, 0.29) is 6.42 Å². The second-order valence-electron chi connectivity index (χ2n) is 9.79. The highest BCUT2D eigenvalue weighted by Gasteiger charge is 2.27. The molecule has 38 heavy (non-hydrogen) atoms. The van der Waals surface area contributed by atoms with Crippen molar-refractivity contribution in [3.63, 3.8) is 0 Å². The van der Waals surface area contributed by atoms with Gasteiger partial charge in [-0.2, -0.15) is 8.42 Å². The summed E-state index contributed by atoms with van der Waals surface area (Å²) >= 11 is 0. The highest BCUT2D eigenvalue weighted by molar-refractivity contribution is 7.85. The number of allylic oxidation sites excluding steroid dienone is 7. The van der Waals surface area contributed by atoms with Gasteiger partial charge in [0.1, 0.15) is 6.10 Å². The van der Waals surface area contributed by atoms with Gasteiger partial charge < -0.3 is 15.5 Å². The number of hydrogen-bond acceptors (Lipinski definition) is 5. The molecule has 7 nitrogen and oxygen atoms in total. The van der Waals surface area contributed by atoms with Crippen molar-refractivity contribution < 1.29 is 28.0 Å². The van der Waals surface area contributed by atoms with Gasteiger partial charge in [0.2, 0.25) is 5.91 Å². The molecule has 0 saturated heterocycles. The van der Waals surface area contributed by atoms with Crippen molar-refractivity contribution in [1.82, 2.24) is 5.32 Å². The quantitative estimate of drug-likeness (QED) is 0.0639. The van der Waals surface area contributed by atoms with Crippen molar-refractivity contribution in [2.24, 2.45) is 0 Å². The number of nitrogens with one attached hydrogen (secondary N) is 1. The van der Waals surface area contributed by atoms with E-state index < -0.39 is 40.0 Å². The van der Waals surface area contributed by atoms with Crippen LogP contribution in [0.5, 0.6) is 0 Å². The zero-order valence-electron chi connectivity index (χ0n) is 23.6. The summed E-state index contributed by atoms with van der Waals surface area (Å²) in [5.74, 6) is -1.59. The van der Waals surface area contributed by atoms with Gasteiger partial charge in [-0.15, -0.1) is 0 Å². The standard InChI is InChI=1S/C30H53NO6S/c1-3-5-7-9-11-13-14-15-17-18-20-22-24-28(32)27(26-38(35,36)37)31-30(34)29(33)25-23-21-19-16-12-10-8-6-4-2/h9-12,15,17,22,24,27-29,32-33H,3-8,13-14,16,18-21,23,25-26H2,1-2H3,(H,31,34)(H,35,36,37)/b11-9+,12-10-,17-15+,24-22+. The molecule has 0 aliphatic carbocycles. The number of rotatable bonds is 24. The van der Waals surface area contributed by atoms with Crippen LogP contribution in [0.1, 0.15) is 110 Å². The minimum atomic E-state index is -4.44. The van der Waals surface area contributed by atoms with E-state index in [1.807, 2.05) is 0 Å². The summed E-state index contributed by atoms with van der Waals surface area (Å²) < 4.78 is 32.1. The lowest BCUT2D eigenvalue weighted by molar-refractivity contribution is -0.130. The topological polar surface area (TPSA) is 124 Å². The predicted molar refractivity (Wildman–Crippen MR) is 158 cm³/mol. The van der Waals surface area contributed by atoms with E-state index in [2.05, 4.69) is 55.6 Å². The van der Waals surface area contributed by atoms with Gasteiger partial charge in [0.15, 0.2) is 0 Å². The van der Waals surface area contributed by atoms with E-state index in [0.29, 0.717) is 12.8 Å². The molecule has 3 unspecified atom stereocenters. The van der Waals surface area contributed by atoms with E-state index in [4.69, 9.17) is 0 Å². The third kappa shape index (κ3) is 23.4. The second kappa shape index (κ2) is 24.3. The molecule has 4 N–H and O–H groups in total. The molecule has 0 aliphatic rings. The van der Waals surface area contributed by atoms with Crippen molar-refractivity contribution in [3.05, 3.63) is 48.6 Å². The zero-order chi connectivity index (χ0) is 28.5. The molecule has 0 aromatic carbocycles. The maximum atomic E-state index is 12.4. The molecule has 0 aliphatic heterocycles. The number of aliphatic hydroxyl groups is 2. The predicted octanol–water partition coefficient (Wildman–Crippen LogP) is 6.20. The first-order valence-electron chi connectivity index (χ1n) is 14.4. The molecule has 0 spiro atoms. The minimum Gasteiger partial charge on any atom is -0.387 e. The van der Waals surface area contributed by atoms with Crippen LogP contribution < -0.4 is 5.32 Å². The number of carbonyl (C=O) groups excluding carboxylic acids is 1. The van der Waals surface area contributed by atoms with Gasteiger partial charge >= 0.3 is 0 Å². The molecule has 0 aromatic rings. The summed E-state index contributed by atoms with van der Waals surface area (Å²) in [5.41, 5.74) is 0. The van der Waals surface area contributed by atoms with Crippen molar-refractivity contribution in [3.8, 4) is 0 Å². The molecule has 220 valence electrons. The minimum absolute atomic E-state index is 0.247. The smallest absolute Gasteiger partial charge is 0.267 e. The fraction of sp³-hybridized carbons (Fsp3) is 0.700. The Kier molecular flexibility index (Phi) is 23.2. The first-order chi connectivity index (χ1) is 18.2. The molecular formula is C30H53NO6S. The molecule has 0 aromatic heterocycles. The van der Waals surface area contributed by atoms with E-state index in [0.717, 1.165) is 51.4 Å². The zero-order valence-corrected chi connectivity index (χ0v) is 24.5. The average Bonchev–Trinajstić information content (AvgIpc) is 2.86.